The number of nitrogens with zero attached hydrogens (tertiary/aromatic N) is 2. The Morgan fingerprint density at radius 2 is 1.89 bits per heavy atom. The molecular weight excluding hydrogens is 386 g/mol. The van der Waals surface area contributed by atoms with Gasteiger partial charge < -0.3 is 10.2 Å². The molecule has 1 saturated heterocycles. The first kappa shape index (κ1) is 22.0. The number of amides is 1. The highest BCUT2D eigenvalue weighted by Crippen LogP contribution is 2.23. The smallest absolute Gasteiger partial charge is 0.243 e. The van der Waals surface area contributed by atoms with E-state index in [1.54, 1.807) is 31.2 Å². The number of likely N-dealkylation sites (tertiary alicyclic amines) is 1. The first-order valence-corrected chi connectivity index (χ1v) is 11.7. The molecule has 0 aliphatic carbocycles. The lowest BCUT2D eigenvalue weighted by Crippen LogP contribution is -2.48. The van der Waals surface area contributed by atoms with Crippen molar-refractivity contribution in [2.75, 3.05) is 36.7 Å². The molecule has 0 unspecified atom stereocenters. The van der Waals surface area contributed by atoms with Crippen molar-refractivity contribution in [3.05, 3.63) is 29.3 Å². The molecule has 152 valence electrons. The summed E-state index contributed by atoms with van der Waals surface area (Å²) < 4.78 is 25.6. The van der Waals surface area contributed by atoms with Crippen molar-refractivity contribution in [1.82, 2.24) is 10.2 Å². The highest BCUT2D eigenvalue weighted by atomic mass is 35.5. The Kier molecular flexibility index (Phi) is 7.94. The second kappa shape index (κ2) is 9.75. The number of hydrogen-bond donors (Lipinski definition) is 1. The molecule has 0 saturated carbocycles. The number of carbonyl (C=O) groups is 1. The molecule has 1 fully saturated rings. The van der Waals surface area contributed by atoms with Gasteiger partial charge in [-0.05, 0) is 76.0 Å². The van der Waals surface area contributed by atoms with Gasteiger partial charge in [0.05, 0.1) is 11.9 Å². The number of halogens is 1. The van der Waals surface area contributed by atoms with Gasteiger partial charge in [-0.15, -0.1) is 0 Å². The molecule has 0 spiro atoms. The third kappa shape index (κ3) is 6.66. The lowest BCUT2D eigenvalue weighted by Gasteiger charge is -2.30. The molecule has 6 nitrogen and oxygen atoms in total. The van der Waals surface area contributed by atoms with E-state index in [0.29, 0.717) is 17.3 Å². The molecule has 0 bridgehead atoms. The molecule has 1 aliphatic rings. The number of anilines is 1. The summed E-state index contributed by atoms with van der Waals surface area (Å²) in [5, 5.41) is 3.38. The van der Waals surface area contributed by atoms with Crippen LogP contribution in [-0.2, 0) is 14.8 Å². The third-order valence-corrected chi connectivity index (χ3v) is 6.49. The maximum atomic E-state index is 12.5. The fourth-order valence-corrected chi connectivity index (χ4v) is 4.65. The zero-order valence-electron chi connectivity index (χ0n) is 16.3. The molecule has 2 rings (SSSR count). The lowest BCUT2D eigenvalue weighted by molar-refractivity contribution is -0.121. The summed E-state index contributed by atoms with van der Waals surface area (Å²) in [4.78, 5) is 14.9. The van der Waals surface area contributed by atoms with Crippen molar-refractivity contribution >= 4 is 33.2 Å². The van der Waals surface area contributed by atoms with E-state index in [1.807, 2.05) is 0 Å². The fraction of sp³-hybridized carbons (Fsp3) is 0.632. The van der Waals surface area contributed by atoms with Gasteiger partial charge in [0.15, 0.2) is 0 Å². The number of carbonyl (C=O) groups excluding carboxylic acids is 1. The predicted molar refractivity (Wildman–Crippen MR) is 111 cm³/mol. The molecule has 1 amide bonds. The van der Waals surface area contributed by atoms with Gasteiger partial charge in [0.25, 0.3) is 0 Å². The molecule has 1 N–H and O–H groups in total. The van der Waals surface area contributed by atoms with Gasteiger partial charge in [-0.3, -0.25) is 9.10 Å². The van der Waals surface area contributed by atoms with Crippen LogP contribution >= 0.6 is 11.6 Å². The van der Waals surface area contributed by atoms with E-state index in [9.17, 15) is 13.2 Å². The Balaban J connectivity index is 1.88. The number of benzene rings is 1. The van der Waals surface area contributed by atoms with E-state index in [2.05, 4.69) is 17.1 Å². The van der Waals surface area contributed by atoms with Crippen LogP contribution in [0.3, 0.4) is 0 Å². The Hall–Kier alpha value is -1.31. The van der Waals surface area contributed by atoms with Crippen molar-refractivity contribution in [3.63, 3.8) is 0 Å². The van der Waals surface area contributed by atoms with E-state index >= 15 is 0 Å². The monoisotopic (exact) mass is 415 g/mol. The van der Waals surface area contributed by atoms with Crippen LogP contribution in [0.4, 0.5) is 5.69 Å². The van der Waals surface area contributed by atoms with Crippen LogP contribution in [0.2, 0.25) is 5.02 Å². The van der Waals surface area contributed by atoms with Gasteiger partial charge in [-0.1, -0.05) is 18.5 Å². The average Bonchev–Trinajstić information content (AvgIpc) is 2.60. The Labute approximate surface area is 167 Å². The standard InChI is InChI=1S/C19H30ClN3O3S/c1-15-9-13-22(14-10-15)12-4-11-21-19(24)16(2)23(27(3,25)26)18-7-5-17(20)6-8-18/h5-8,15-16H,4,9-14H2,1-3H3,(H,21,24)/t16-/m0/s1. The maximum absolute atomic E-state index is 12.5. The zero-order valence-corrected chi connectivity index (χ0v) is 17.9. The molecule has 1 aliphatic heterocycles. The second-order valence-corrected chi connectivity index (χ2v) is 9.68. The largest absolute Gasteiger partial charge is 0.354 e. The minimum atomic E-state index is -3.61. The number of rotatable bonds is 8. The SMILES string of the molecule is CC1CCN(CCCNC(=O)[C@H](C)N(c2ccc(Cl)cc2)S(C)(=O)=O)CC1. The van der Waals surface area contributed by atoms with Crippen LogP contribution in [0, 0.1) is 5.92 Å². The Bertz CT molecular complexity index is 716. The molecular formula is C19H30ClN3O3S. The van der Waals surface area contributed by atoms with Crippen LogP contribution < -0.4 is 9.62 Å². The van der Waals surface area contributed by atoms with Gasteiger partial charge >= 0.3 is 0 Å². The van der Waals surface area contributed by atoms with Crippen LogP contribution in [-0.4, -0.2) is 57.7 Å². The Morgan fingerprint density at radius 3 is 2.44 bits per heavy atom. The van der Waals surface area contributed by atoms with E-state index in [1.165, 1.54) is 12.8 Å². The molecule has 1 aromatic rings. The van der Waals surface area contributed by atoms with Crippen LogP contribution in [0.15, 0.2) is 24.3 Å². The van der Waals surface area contributed by atoms with Crippen LogP contribution in [0.5, 0.6) is 0 Å². The molecule has 0 radical (unpaired) electrons. The van der Waals surface area contributed by atoms with Crippen LogP contribution in [0.25, 0.3) is 0 Å². The number of nitrogens with one attached hydrogen (secondary N) is 1. The molecule has 27 heavy (non-hydrogen) atoms. The van der Waals surface area contributed by atoms with Gasteiger partial charge in [-0.2, -0.15) is 0 Å². The summed E-state index contributed by atoms with van der Waals surface area (Å²) in [6, 6.07) is 5.59. The number of sulfonamides is 1. The van der Waals surface area contributed by atoms with Gasteiger partial charge in [0, 0.05) is 11.6 Å². The van der Waals surface area contributed by atoms with Gasteiger partial charge in [0.1, 0.15) is 6.04 Å². The van der Waals surface area contributed by atoms with E-state index < -0.39 is 16.1 Å². The van der Waals surface area contributed by atoms with E-state index in [4.69, 9.17) is 11.6 Å². The highest BCUT2D eigenvalue weighted by molar-refractivity contribution is 7.92. The van der Waals surface area contributed by atoms with Crippen molar-refractivity contribution in [2.45, 2.75) is 39.2 Å². The molecule has 1 atom stereocenters. The van der Waals surface area contributed by atoms with Crippen molar-refractivity contribution in [1.29, 1.82) is 0 Å². The van der Waals surface area contributed by atoms with E-state index in [-0.39, 0.29) is 5.91 Å². The minimum absolute atomic E-state index is 0.303. The molecule has 0 aromatic heterocycles. The summed E-state index contributed by atoms with van der Waals surface area (Å²) in [5.74, 6) is 0.499. The van der Waals surface area contributed by atoms with Crippen LogP contribution in [0.1, 0.15) is 33.1 Å². The summed E-state index contributed by atoms with van der Waals surface area (Å²) in [6.07, 6.45) is 4.41. The molecule has 1 heterocycles. The topological polar surface area (TPSA) is 69.7 Å². The fourth-order valence-electron chi connectivity index (χ4n) is 3.34. The zero-order chi connectivity index (χ0) is 20.0. The third-order valence-electron chi connectivity index (χ3n) is 5.00. The average molecular weight is 416 g/mol. The quantitative estimate of drug-likeness (QED) is 0.663. The van der Waals surface area contributed by atoms with Gasteiger partial charge in [0.2, 0.25) is 15.9 Å². The lowest BCUT2D eigenvalue weighted by atomic mass is 9.99. The summed E-state index contributed by atoms with van der Waals surface area (Å²) >= 11 is 5.88. The minimum Gasteiger partial charge on any atom is -0.354 e. The highest BCUT2D eigenvalue weighted by Gasteiger charge is 2.28. The summed E-state index contributed by atoms with van der Waals surface area (Å²) in [7, 11) is -3.61. The second-order valence-electron chi connectivity index (χ2n) is 7.38. The van der Waals surface area contributed by atoms with Gasteiger partial charge in [-0.25, -0.2) is 8.42 Å². The van der Waals surface area contributed by atoms with Crippen molar-refractivity contribution in [3.8, 4) is 0 Å². The van der Waals surface area contributed by atoms with E-state index in [0.717, 1.165) is 42.5 Å². The molecule has 1 aromatic carbocycles. The summed E-state index contributed by atoms with van der Waals surface area (Å²) in [5.41, 5.74) is 0.423. The summed E-state index contributed by atoms with van der Waals surface area (Å²) in [6.45, 7) is 7.60. The predicted octanol–water partition coefficient (Wildman–Crippen LogP) is 2.73. The Morgan fingerprint density at radius 1 is 1.30 bits per heavy atom. The normalized spacial score (nSPS) is 17.5. The first-order chi connectivity index (χ1) is 12.7. The first-order valence-electron chi connectivity index (χ1n) is 9.43. The molecule has 8 heteroatoms. The maximum Gasteiger partial charge on any atom is 0.243 e. The number of hydrogen-bond acceptors (Lipinski definition) is 4. The van der Waals surface area contributed by atoms with Crippen molar-refractivity contribution < 1.29 is 13.2 Å². The number of piperidine rings is 1. The van der Waals surface area contributed by atoms with Crippen molar-refractivity contribution in [2.24, 2.45) is 5.92 Å².